The van der Waals surface area contributed by atoms with Crippen molar-refractivity contribution in [2.24, 2.45) is 0 Å². The number of carbonyl (C=O) groups excluding carboxylic acids is 1. The molecule has 156 valence electrons. The highest BCUT2D eigenvalue weighted by molar-refractivity contribution is 14.1. The van der Waals surface area contributed by atoms with Gasteiger partial charge in [-0.15, -0.1) is 0 Å². The fourth-order valence-corrected chi connectivity index (χ4v) is 4.97. The summed E-state index contributed by atoms with van der Waals surface area (Å²) in [5.41, 5.74) is 2.60. The largest absolute Gasteiger partial charge is 0.325 e. The van der Waals surface area contributed by atoms with E-state index in [1.54, 1.807) is 61.5 Å². The Hall–Kier alpha value is -2.10. The van der Waals surface area contributed by atoms with Crippen LogP contribution in [0.2, 0.25) is 5.02 Å². The van der Waals surface area contributed by atoms with Crippen LogP contribution in [0, 0.1) is 17.4 Å². The molecule has 3 rings (SSSR count). The zero-order valence-corrected chi connectivity index (χ0v) is 20.1. The molecule has 3 aromatic carbocycles. The number of halogens is 2. The third-order valence-corrected chi connectivity index (χ3v) is 7.18. The minimum Gasteiger partial charge on any atom is -0.325 e. The van der Waals surface area contributed by atoms with E-state index in [4.69, 9.17) is 11.6 Å². The third-order valence-electron chi connectivity index (χ3n) is 4.45. The number of sulfonamides is 1. The number of hydrogen-bond acceptors (Lipinski definition) is 3. The van der Waals surface area contributed by atoms with Crippen molar-refractivity contribution in [3.05, 3.63) is 86.4 Å². The number of amides is 1. The van der Waals surface area contributed by atoms with Crippen LogP contribution in [0.1, 0.15) is 11.1 Å². The Morgan fingerprint density at radius 3 is 2.23 bits per heavy atom. The lowest BCUT2D eigenvalue weighted by Crippen LogP contribution is -2.38. The predicted octanol–water partition coefficient (Wildman–Crippen LogP) is 5.40. The van der Waals surface area contributed by atoms with E-state index < -0.39 is 15.9 Å². The quantitative estimate of drug-likeness (QED) is 0.415. The summed E-state index contributed by atoms with van der Waals surface area (Å²) in [6.07, 6.45) is 0. The Kier molecular flexibility index (Phi) is 7.05. The molecule has 0 fully saturated rings. The minimum absolute atomic E-state index is 0.115. The maximum Gasteiger partial charge on any atom is 0.264 e. The van der Waals surface area contributed by atoms with Crippen LogP contribution in [0.5, 0.6) is 0 Å². The van der Waals surface area contributed by atoms with Gasteiger partial charge in [-0.2, -0.15) is 0 Å². The molecule has 0 radical (unpaired) electrons. The molecule has 0 saturated carbocycles. The Labute approximate surface area is 195 Å². The molecule has 0 bridgehead atoms. The van der Waals surface area contributed by atoms with Gasteiger partial charge in [-0.25, -0.2) is 8.42 Å². The van der Waals surface area contributed by atoms with Crippen LogP contribution in [0.25, 0.3) is 0 Å². The van der Waals surface area contributed by atoms with E-state index in [9.17, 15) is 13.2 Å². The molecular weight excluding hydrogens is 535 g/mol. The summed E-state index contributed by atoms with van der Waals surface area (Å²) in [6, 6.07) is 18.7. The first kappa shape index (κ1) is 22.6. The predicted molar refractivity (Wildman–Crippen MR) is 130 cm³/mol. The standard InChI is InChI=1S/C22H20ClIN2O3S/c1-15-3-10-20(11-4-15)30(28,29)26(21-12-5-17(23)13-16(21)2)14-22(27)25-19-8-6-18(24)7-9-19/h3-13H,14H2,1-2H3,(H,25,27). The highest BCUT2D eigenvalue weighted by Gasteiger charge is 2.28. The second-order valence-corrected chi connectivity index (χ2v) is 10.4. The SMILES string of the molecule is Cc1ccc(S(=O)(=O)N(CC(=O)Nc2ccc(I)cc2)c2ccc(Cl)cc2C)cc1. The van der Waals surface area contributed by atoms with Gasteiger partial charge in [0.25, 0.3) is 10.0 Å². The van der Waals surface area contributed by atoms with Crippen molar-refractivity contribution < 1.29 is 13.2 Å². The second kappa shape index (κ2) is 9.36. The number of hydrogen-bond donors (Lipinski definition) is 1. The van der Waals surface area contributed by atoms with Crippen molar-refractivity contribution in [2.75, 3.05) is 16.2 Å². The Bertz CT molecular complexity index is 1160. The molecule has 0 spiro atoms. The van der Waals surface area contributed by atoms with Gasteiger partial charge in [0.15, 0.2) is 0 Å². The molecule has 3 aromatic rings. The van der Waals surface area contributed by atoms with Crippen molar-refractivity contribution in [3.8, 4) is 0 Å². The average molecular weight is 555 g/mol. The van der Waals surface area contributed by atoms with Gasteiger partial charge in [-0.05, 0) is 96.6 Å². The number of nitrogens with zero attached hydrogens (tertiary/aromatic N) is 1. The van der Waals surface area contributed by atoms with Gasteiger partial charge in [0.2, 0.25) is 5.91 Å². The summed E-state index contributed by atoms with van der Waals surface area (Å²) < 4.78 is 29.0. The monoisotopic (exact) mass is 554 g/mol. The van der Waals surface area contributed by atoms with Gasteiger partial charge in [0, 0.05) is 14.3 Å². The summed E-state index contributed by atoms with van der Waals surface area (Å²) >= 11 is 8.22. The van der Waals surface area contributed by atoms with Crippen LogP contribution in [0.4, 0.5) is 11.4 Å². The molecule has 8 heteroatoms. The van der Waals surface area contributed by atoms with E-state index in [1.165, 1.54) is 0 Å². The molecule has 0 aliphatic heterocycles. The molecule has 0 atom stereocenters. The van der Waals surface area contributed by atoms with E-state index >= 15 is 0 Å². The number of rotatable bonds is 6. The fourth-order valence-electron chi connectivity index (χ4n) is 2.90. The van der Waals surface area contributed by atoms with E-state index in [1.807, 2.05) is 19.1 Å². The summed E-state index contributed by atoms with van der Waals surface area (Å²) in [7, 11) is -3.97. The molecule has 0 aromatic heterocycles. The first-order valence-electron chi connectivity index (χ1n) is 9.08. The smallest absolute Gasteiger partial charge is 0.264 e. The average Bonchev–Trinajstić information content (AvgIpc) is 2.69. The lowest BCUT2D eigenvalue weighted by atomic mass is 10.2. The zero-order chi connectivity index (χ0) is 21.9. The van der Waals surface area contributed by atoms with E-state index in [-0.39, 0.29) is 11.4 Å². The first-order valence-corrected chi connectivity index (χ1v) is 12.0. The van der Waals surface area contributed by atoms with Crippen LogP contribution in [-0.4, -0.2) is 20.9 Å². The minimum atomic E-state index is -3.97. The lowest BCUT2D eigenvalue weighted by Gasteiger charge is -2.26. The Balaban J connectivity index is 1.97. The number of nitrogens with one attached hydrogen (secondary N) is 1. The Morgan fingerprint density at radius 1 is 1.00 bits per heavy atom. The Morgan fingerprint density at radius 2 is 1.63 bits per heavy atom. The summed E-state index contributed by atoms with van der Waals surface area (Å²) in [4.78, 5) is 12.9. The summed E-state index contributed by atoms with van der Waals surface area (Å²) in [5.74, 6) is -0.443. The molecule has 1 amide bonds. The van der Waals surface area contributed by atoms with Crippen molar-refractivity contribution >= 4 is 61.5 Å². The van der Waals surface area contributed by atoms with E-state index in [2.05, 4.69) is 27.9 Å². The van der Waals surface area contributed by atoms with Crippen molar-refractivity contribution in [2.45, 2.75) is 18.7 Å². The first-order chi connectivity index (χ1) is 14.2. The fraction of sp³-hybridized carbons (Fsp3) is 0.136. The van der Waals surface area contributed by atoms with Gasteiger partial charge >= 0.3 is 0 Å². The van der Waals surface area contributed by atoms with E-state index in [0.717, 1.165) is 13.4 Å². The van der Waals surface area contributed by atoms with Gasteiger partial charge in [0.1, 0.15) is 6.54 Å². The maximum atomic E-state index is 13.4. The van der Waals surface area contributed by atoms with Crippen LogP contribution >= 0.6 is 34.2 Å². The van der Waals surface area contributed by atoms with Crippen LogP contribution in [0.15, 0.2) is 71.6 Å². The number of anilines is 2. The van der Waals surface area contributed by atoms with Crippen LogP contribution in [0.3, 0.4) is 0 Å². The molecule has 0 aliphatic rings. The number of carbonyl (C=O) groups is 1. The zero-order valence-electron chi connectivity index (χ0n) is 16.4. The third kappa shape index (κ3) is 5.33. The topological polar surface area (TPSA) is 66.5 Å². The molecule has 0 aliphatic carbocycles. The van der Waals surface area contributed by atoms with Crippen molar-refractivity contribution in [3.63, 3.8) is 0 Å². The summed E-state index contributed by atoms with van der Waals surface area (Å²) in [5, 5.41) is 3.25. The molecule has 0 unspecified atom stereocenters. The number of aryl methyl sites for hydroxylation is 2. The van der Waals surface area contributed by atoms with Crippen molar-refractivity contribution in [1.29, 1.82) is 0 Å². The molecule has 0 saturated heterocycles. The van der Waals surface area contributed by atoms with Gasteiger partial charge < -0.3 is 5.32 Å². The molecular formula is C22H20ClIN2O3S. The van der Waals surface area contributed by atoms with Gasteiger partial charge in [-0.1, -0.05) is 29.3 Å². The van der Waals surface area contributed by atoms with Gasteiger partial charge in [-0.3, -0.25) is 9.10 Å². The summed E-state index contributed by atoms with van der Waals surface area (Å²) in [6.45, 7) is 3.27. The lowest BCUT2D eigenvalue weighted by molar-refractivity contribution is -0.114. The normalized spacial score (nSPS) is 11.2. The highest BCUT2D eigenvalue weighted by atomic mass is 127. The van der Waals surface area contributed by atoms with Crippen molar-refractivity contribution in [1.82, 2.24) is 0 Å². The molecule has 30 heavy (non-hydrogen) atoms. The van der Waals surface area contributed by atoms with Crippen LogP contribution in [-0.2, 0) is 14.8 Å². The highest BCUT2D eigenvalue weighted by Crippen LogP contribution is 2.29. The molecule has 1 N–H and O–H groups in total. The molecule has 5 nitrogen and oxygen atoms in total. The molecule has 0 heterocycles. The second-order valence-electron chi connectivity index (χ2n) is 6.81. The van der Waals surface area contributed by atoms with Crippen LogP contribution < -0.4 is 9.62 Å². The van der Waals surface area contributed by atoms with Gasteiger partial charge in [0.05, 0.1) is 10.6 Å². The maximum absolute atomic E-state index is 13.4. The number of benzene rings is 3. The van der Waals surface area contributed by atoms with E-state index in [0.29, 0.717) is 22.0 Å².